The number of phenols is 1. The topological polar surface area (TPSA) is 57.5 Å². The monoisotopic (exact) mass is 258 g/mol. The Morgan fingerprint density at radius 1 is 1.26 bits per heavy atom. The summed E-state index contributed by atoms with van der Waals surface area (Å²) in [6.07, 6.45) is 3.78. The molecule has 2 N–H and O–H groups in total. The number of fused-ring (bicyclic) bond motifs is 1. The summed E-state index contributed by atoms with van der Waals surface area (Å²) in [6.45, 7) is 7.09. The van der Waals surface area contributed by atoms with Crippen LogP contribution in [0.2, 0.25) is 0 Å². The summed E-state index contributed by atoms with van der Waals surface area (Å²) in [5, 5.41) is 20.7. The van der Waals surface area contributed by atoms with Crippen LogP contribution in [-0.4, -0.2) is 21.6 Å². The maximum absolute atomic E-state index is 12.5. The molecule has 3 aliphatic rings. The van der Waals surface area contributed by atoms with Crippen molar-refractivity contribution in [3.63, 3.8) is 0 Å². The SMILES string of the molecule is Cc1cc2c(c(C)c1O)C1C=CC2(C)C(=O)C1(C)O. The highest BCUT2D eigenvalue weighted by Crippen LogP contribution is 2.53. The molecular formula is C16H18O3. The van der Waals surface area contributed by atoms with Gasteiger partial charge in [-0.3, -0.25) is 4.79 Å². The van der Waals surface area contributed by atoms with E-state index in [-0.39, 0.29) is 17.5 Å². The minimum absolute atomic E-state index is 0.163. The Morgan fingerprint density at radius 3 is 2.53 bits per heavy atom. The molecule has 0 saturated carbocycles. The molecule has 4 rings (SSSR count). The van der Waals surface area contributed by atoms with Crippen LogP contribution < -0.4 is 0 Å². The summed E-state index contributed by atoms with van der Waals surface area (Å²) in [7, 11) is 0. The number of aryl methyl sites for hydroxylation is 1. The van der Waals surface area contributed by atoms with Crippen molar-refractivity contribution < 1.29 is 15.0 Å². The molecule has 0 heterocycles. The summed E-state index contributed by atoms with van der Waals surface area (Å²) in [5.41, 5.74) is 1.16. The van der Waals surface area contributed by atoms with Crippen LogP contribution in [0.25, 0.3) is 0 Å². The zero-order chi connectivity index (χ0) is 14.2. The summed E-state index contributed by atoms with van der Waals surface area (Å²) in [6, 6.07) is 1.88. The number of allylic oxidation sites excluding steroid dienone is 1. The van der Waals surface area contributed by atoms with E-state index in [1.54, 1.807) is 6.92 Å². The first-order valence-electron chi connectivity index (χ1n) is 6.51. The van der Waals surface area contributed by atoms with Crippen molar-refractivity contribution in [1.82, 2.24) is 0 Å². The fourth-order valence-corrected chi connectivity index (χ4v) is 3.63. The Kier molecular flexibility index (Phi) is 2.15. The number of rotatable bonds is 0. The van der Waals surface area contributed by atoms with Crippen molar-refractivity contribution in [2.75, 3.05) is 0 Å². The van der Waals surface area contributed by atoms with Crippen molar-refractivity contribution in [3.05, 3.63) is 40.5 Å². The van der Waals surface area contributed by atoms with Crippen LogP contribution in [-0.2, 0) is 10.2 Å². The van der Waals surface area contributed by atoms with Gasteiger partial charge in [0.1, 0.15) is 11.4 Å². The van der Waals surface area contributed by atoms with Crippen LogP contribution in [0.5, 0.6) is 5.75 Å². The van der Waals surface area contributed by atoms with E-state index in [0.29, 0.717) is 0 Å². The third-order valence-corrected chi connectivity index (χ3v) is 4.81. The minimum Gasteiger partial charge on any atom is -0.507 e. The maximum atomic E-state index is 12.5. The first kappa shape index (κ1) is 12.4. The number of carbonyl (C=O) groups is 1. The summed E-state index contributed by atoms with van der Waals surface area (Å²) in [5.74, 6) is -0.278. The van der Waals surface area contributed by atoms with Gasteiger partial charge in [0.15, 0.2) is 5.78 Å². The normalized spacial score (nSPS) is 35.6. The number of hydrogen-bond donors (Lipinski definition) is 2. The van der Waals surface area contributed by atoms with Crippen LogP contribution in [0.3, 0.4) is 0 Å². The number of phenolic OH excluding ortho intramolecular Hbond substituents is 1. The van der Waals surface area contributed by atoms with E-state index >= 15 is 0 Å². The third-order valence-electron chi connectivity index (χ3n) is 4.81. The fraction of sp³-hybridized carbons (Fsp3) is 0.438. The largest absolute Gasteiger partial charge is 0.507 e. The Bertz CT molecular complexity index is 640. The number of Topliss-reactive ketones (excluding diaryl/α,β-unsaturated/α-hetero) is 1. The Hall–Kier alpha value is -1.61. The first-order chi connectivity index (χ1) is 8.71. The number of benzene rings is 1. The molecule has 1 aromatic carbocycles. The molecule has 0 fully saturated rings. The van der Waals surface area contributed by atoms with Crippen LogP contribution in [0.4, 0.5) is 0 Å². The maximum Gasteiger partial charge on any atom is 0.178 e. The molecule has 0 aliphatic heterocycles. The zero-order valence-electron chi connectivity index (χ0n) is 11.6. The van der Waals surface area contributed by atoms with Gasteiger partial charge in [-0.2, -0.15) is 0 Å². The Morgan fingerprint density at radius 2 is 1.89 bits per heavy atom. The quantitative estimate of drug-likeness (QED) is 0.702. The molecule has 3 heteroatoms. The molecule has 3 unspecified atom stereocenters. The molecule has 0 spiro atoms. The van der Waals surface area contributed by atoms with E-state index in [9.17, 15) is 15.0 Å². The van der Waals surface area contributed by atoms with Gasteiger partial charge in [-0.15, -0.1) is 0 Å². The molecule has 1 aromatic rings. The van der Waals surface area contributed by atoms with E-state index < -0.39 is 11.0 Å². The Balaban J connectivity index is 2.43. The van der Waals surface area contributed by atoms with Gasteiger partial charge in [0.25, 0.3) is 0 Å². The lowest BCUT2D eigenvalue weighted by molar-refractivity contribution is -0.143. The molecule has 0 saturated heterocycles. The van der Waals surface area contributed by atoms with E-state index in [0.717, 1.165) is 22.3 Å². The van der Waals surface area contributed by atoms with E-state index in [1.807, 2.05) is 39.0 Å². The zero-order valence-corrected chi connectivity index (χ0v) is 11.6. The second-order valence-electron chi connectivity index (χ2n) is 6.14. The minimum atomic E-state index is -1.40. The van der Waals surface area contributed by atoms with Gasteiger partial charge in [0.2, 0.25) is 0 Å². The van der Waals surface area contributed by atoms with Crippen LogP contribution >= 0.6 is 0 Å². The number of carbonyl (C=O) groups excluding carboxylic acids is 1. The van der Waals surface area contributed by atoms with Crippen molar-refractivity contribution in [1.29, 1.82) is 0 Å². The van der Waals surface area contributed by atoms with Crippen LogP contribution in [0.1, 0.15) is 42.0 Å². The second-order valence-corrected chi connectivity index (χ2v) is 6.14. The van der Waals surface area contributed by atoms with Gasteiger partial charge in [-0.1, -0.05) is 18.2 Å². The van der Waals surface area contributed by atoms with Gasteiger partial charge in [-0.25, -0.2) is 0 Å². The molecule has 0 amide bonds. The molecular weight excluding hydrogens is 240 g/mol. The molecule has 3 aliphatic carbocycles. The molecule has 0 radical (unpaired) electrons. The van der Waals surface area contributed by atoms with Gasteiger partial charge in [0.05, 0.1) is 5.41 Å². The van der Waals surface area contributed by atoms with Gasteiger partial charge in [-0.05, 0) is 49.9 Å². The number of aromatic hydroxyl groups is 1. The van der Waals surface area contributed by atoms with Gasteiger partial charge < -0.3 is 10.2 Å². The summed E-state index contributed by atoms with van der Waals surface area (Å²) < 4.78 is 0. The lowest BCUT2D eigenvalue weighted by Crippen LogP contribution is -2.57. The lowest BCUT2D eigenvalue weighted by Gasteiger charge is -2.49. The van der Waals surface area contributed by atoms with Crippen molar-refractivity contribution in [2.45, 2.75) is 44.6 Å². The smallest absolute Gasteiger partial charge is 0.178 e. The number of hydrogen-bond acceptors (Lipinski definition) is 3. The van der Waals surface area contributed by atoms with Crippen molar-refractivity contribution >= 4 is 5.78 Å². The summed E-state index contributed by atoms with van der Waals surface area (Å²) in [4.78, 5) is 12.5. The fourth-order valence-electron chi connectivity index (χ4n) is 3.63. The standard InChI is InChI=1S/C16H18O3/c1-8-7-11-12(9(2)13(8)17)10-5-6-15(11,3)14(18)16(10,4)19/h5-7,10,17,19H,1-4H3. The average molecular weight is 258 g/mol. The molecule has 3 atom stereocenters. The molecule has 100 valence electrons. The second kappa shape index (κ2) is 3.28. The number of ketones is 1. The van der Waals surface area contributed by atoms with E-state index in [1.165, 1.54) is 0 Å². The summed E-state index contributed by atoms with van der Waals surface area (Å²) >= 11 is 0. The molecule has 19 heavy (non-hydrogen) atoms. The molecule has 3 nitrogen and oxygen atoms in total. The predicted molar refractivity (Wildman–Crippen MR) is 72.4 cm³/mol. The average Bonchev–Trinajstić information content (AvgIpc) is 2.34. The predicted octanol–water partition coefficient (Wildman–Crippen LogP) is 2.25. The van der Waals surface area contributed by atoms with E-state index in [4.69, 9.17) is 0 Å². The van der Waals surface area contributed by atoms with Gasteiger partial charge in [0, 0.05) is 5.92 Å². The third kappa shape index (κ3) is 1.24. The molecule has 0 aromatic heterocycles. The molecule has 2 bridgehead atoms. The number of aliphatic hydroxyl groups is 1. The highest BCUT2D eigenvalue weighted by Gasteiger charge is 2.57. The Labute approximate surface area is 112 Å². The highest BCUT2D eigenvalue weighted by atomic mass is 16.3. The van der Waals surface area contributed by atoms with Crippen molar-refractivity contribution in [3.8, 4) is 5.75 Å². The van der Waals surface area contributed by atoms with Crippen LogP contribution in [0, 0.1) is 13.8 Å². The van der Waals surface area contributed by atoms with Crippen molar-refractivity contribution in [2.24, 2.45) is 0 Å². The van der Waals surface area contributed by atoms with E-state index in [2.05, 4.69) is 0 Å². The van der Waals surface area contributed by atoms with Crippen LogP contribution in [0.15, 0.2) is 18.2 Å². The highest BCUT2D eigenvalue weighted by molar-refractivity contribution is 6.03. The first-order valence-corrected chi connectivity index (χ1v) is 6.51. The van der Waals surface area contributed by atoms with Gasteiger partial charge >= 0.3 is 0 Å². The lowest BCUT2D eigenvalue weighted by atomic mass is 9.55.